The second-order valence-electron chi connectivity index (χ2n) is 4.05. The highest BCUT2D eigenvalue weighted by atomic mass is 35.5. The lowest BCUT2D eigenvalue weighted by atomic mass is 10.2. The Kier molecular flexibility index (Phi) is 3.40. The van der Waals surface area contributed by atoms with Gasteiger partial charge in [0, 0.05) is 6.04 Å². The zero-order valence-electron chi connectivity index (χ0n) is 9.02. The van der Waals surface area contributed by atoms with Crippen molar-refractivity contribution in [2.75, 3.05) is 11.5 Å². The molecule has 0 unspecified atom stereocenters. The molecule has 0 bridgehead atoms. The van der Waals surface area contributed by atoms with Gasteiger partial charge < -0.3 is 5.32 Å². The monoisotopic (exact) mass is 273 g/mol. The highest BCUT2D eigenvalue weighted by Gasteiger charge is 2.29. The van der Waals surface area contributed by atoms with Crippen molar-refractivity contribution in [2.45, 2.75) is 12.5 Å². The summed E-state index contributed by atoms with van der Waals surface area (Å²) in [5.74, 6) is -0.165. The van der Waals surface area contributed by atoms with Crippen LogP contribution in [0.15, 0.2) is 24.3 Å². The molecule has 1 amide bonds. The molecular weight excluding hydrogens is 262 g/mol. The first-order chi connectivity index (χ1) is 7.98. The largest absolute Gasteiger partial charge is 0.348 e. The molecule has 0 aromatic heterocycles. The van der Waals surface area contributed by atoms with E-state index in [9.17, 15) is 13.2 Å². The Morgan fingerprint density at radius 3 is 2.65 bits per heavy atom. The highest BCUT2D eigenvalue weighted by molar-refractivity contribution is 7.91. The summed E-state index contributed by atoms with van der Waals surface area (Å²) in [6.07, 6.45) is 0.471. The molecule has 1 N–H and O–H groups in total. The molecule has 4 nitrogen and oxygen atoms in total. The van der Waals surface area contributed by atoms with Crippen LogP contribution in [0.25, 0.3) is 0 Å². The third-order valence-corrected chi connectivity index (χ3v) is 4.78. The van der Waals surface area contributed by atoms with Crippen LogP contribution in [-0.2, 0) is 9.84 Å². The summed E-state index contributed by atoms with van der Waals surface area (Å²) in [5.41, 5.74) is 0.374. The van der Waals surface area contributed by atoms with Gasteiger partial charge >= 0.3 is 0 Å². The second kappa shape index (κ2) is 4.66. The fourth-order valence-electron chi connectivity index (χ4n) is 1.82. The first kappa shape index (κ1) is 12.4. The molecule has 0 radical (unpaired) electrons. The Labute approximate surface area is 105 Å². The molecule has 1 aliphatic heterocycles. The van der Waals surface area contributed by atoms with Crippen molar-refractivity contribution in [2.24, 2.45) is 0 Å². The predicted octanol–water partition coefficient (Wildman–Crippen LogP) is 1.26. The summed E-state index contributed by atoms with van der Waals surface area (Å²) in [7, 11) is -2.98. The number of carbonyl (C=O) groups is 1. The second-order valence-corrected chi connectivity index (χ2v) is 6.69. The number of benzene rings is 1. The van der Waals surface area contributed by atoms with Crippen LogP contribution >= 0.6 is 11.6 Å². The number of amides is 1. The Morgan fingerprint density at radius 1 is 1.35 bits per heavy atom. The molecule has 6 heteroatoms. The summed E-state index contributed by atoms with van der Waals surface area (Å²) in [6.45, 7) is 0. The maximum absolute atomic E-state index is 11.8. The molecule has 1 aliphatic rings. The molecule has 1 aromatic carbocycles. The van der Waals surface area contributed by atoms with Crippen molar-refractivity contribution in [1.29, 1.82) is 0 Å². The van der Waals surface area contributed by atoms with E-state index in [4.69, 9.17) is 11.6 Å². The van der Waals surface area contributed by atoms with Crippen molar-refractivity contribution in [3.8, 4) is 0 Å². The van der Waals surface area contributed by atoms with E-state index in [0.717, 1.165) is 0 Å². The summed E-state index contributed by atoms with van der Waals surface area (Å²) in [5, 5.41) is 3.06. The molecule has 92 valence electrons. The van der Waals surface area contributed by atoms with E-state index < -0.39 is 9.84 Å². The van der Waals surface area contributed by atoms with Gasteiger partial charge in [0.15, 0.2) is 9.84 Å². The fourth-order valence-corrected chi connectivity index (χ4v) is 3.71. The summed E-state index contributed by atoms with van der Waals surface area (Å²) < 4.78 is 22.5. The molecule has 0 spiro atoms. The zero-order chi connectivity index (χ0) is 12.5. The van der Waals surface area contributed by atoms with Crippen LogP contribution < -0.4 is 5.32 Å². The number of hydrogen-bond acceptors (Lipinski definition) is 3. The molecule has 0 aliphatic carbocycles. The van der Waals surface area contributed by atoms with Gasteiger partial charge in [0.1, 0.15) is 0 Å². The quantitative estimate of drug-likeness (QED) is 0.882. The van der Waals surface area contributed by atoms with Gasteiger partial charge in [-0.1, -0.05) is 23.7 Å². The molecule has 17 heavy (non-hydrogen) atoms. The van der Waals surface area contributed by atoms with Gasteiger partial charge in [-0.15, -0.1) is 0 Å². The Hall–Kier alpha value is -1.07. The number of carbonyl (C=O) groups excluding carboxylic acids is 1. The van der Waals surface area contributed by atoms with Crippen LogP contribution in [0.4, 0.5) is 0 Å². The third-order valence-electron chi connectivity index (χ3n) is 2.69. The predicted molar refractivity (Wildman–Crippen MR) is 66.0 cm³/mol. The van der Waals surface area contributed by atoms with E-state index in [2.05, 4.69) is 5.32 Å². The minimum atomic E-state index is -2.98. The number of rotatable bonds is 2. The smallest absolute Gasteiger partial charge is 0.253 e. The van der Waals surface area contributed by atoms with E-state index in [1.807, 2.05) is 0 Å². The Bertz CT molecular complexity index is 541. The van der Waals surface area contributed by atoms with E-state index in [1.54, 1.807) is 24.3 Å². The molecule has 1 atom stereocenters. The van der Waals surface area contributed by atoms with Crippen molar-refractivity contribution < 1.29 is 13.2 Å². The van der Waals surface area contributed by atoms with E-state index in [1.165, 1.54) is 0 Å². The van der Waals surface area contributed by atoms with Crippen LogP contribution in [-0.4, -0.2) is 31.9 Å². The molecule has 1 heterocycles. The number of halogens is 1. The maximum Gasteiger partial charge on any atom is 0.253 e. The first-order valence-electron chi connectivity index (χ1n) is 5.24. The van der Waals surface area contributed by atoms with Gasteiger partial charge in [-0.2, -0.15) is 0 Å². The average Bonchev–Trinajstić information content (AvgIpc) is 2.58. The topological polar surface area (TPSA) is 63.2 Å². The molecule has 1 saturated heterocycles. The van der Waals surface area contributed by atoms with Gasteiger partial charge in [0.2, 0.25) is 0 Å². The standard InChI is InChI=1S/C11H12ClNO3S/c12-10-4-2-1-3-9(10)11(14)13-8-5-6-17(15,16)7-8/h1-4,8H,5-7H2,(H,13,14)/t8-/m0/s1. The lowest BCUT2D eigenvalue weighted by Gasteiger charge is -2.11. The minimum absolute atomic E-state index is 0.0171. The molecular formula is C11H12ClNO3S. The highest BCUT2D eigenvalue weighted by Crippen LogP contribution is 2.16. The molecule has 2 rings (SSSR count). The van der Waals surface area contributed by atoms with Crippen LogP contribution in [0.1, 0.15) is 16.8 Å². The number of nitrogens with one attached hydrogen (secondary N) is 1. The van der Waals surface area contributed by atoms with Crippen LogP contribution in [0.5, 0.6) is 0 Å². The van der Waals surface area contributed by atoms with E-state index >= 15 is 0 Å². The Morgan fingerprint density at radius 2 is 2.06 bits per heavy atom. The zero-order valence-corrected chi connectivity index (χ0v) is 10.6. The van der Waals surface area contributed by atoms with E-state index in [0.29, 0.717) is 17.0 Å². The summed E-state index contributed by atoms with van der Waals surface area (Å²) in [4.78, 5) is 11.8. The summed E-state index contributed by atoms with van der Waals surface area (Å²) >= 11 is 5.88. The number of hydrogen-bond donors (Lipinski definition) is 1. The normalized spacial score (nSPS) is 22.3. The van der Waals surface area contributed by atoms with Crippen LogP contribution in [0.3, 0.4) is 0 Å². The van der Waals surface area contributed by atoms with Crippen molar-refractivity contribution in [3.05, 3.63) is 34.9 Å². The fraction of sp³-hybridized carbons (Fsp3) is 0.364. The van der Waals surface area contributed by atoms with Crippen molar-refractivity contribution in [1.82, 2.24) is 5.32 Å². The van der Waals surface area contributed by atoms with Gasteiger partial charge in [0.25, 0.3) is 5.91 Å². The lowest BCUT2D eigenvalue weighted by Crippen LogP contribution is -2.35. The van der Waals surface area contributed by atoms with Gasteiger partial charge in [0.05, 0.1) is 22.1 Å². The van der Waals surface area contributed by atoms with Crippen LogP contribution in [0, 0.1) is 0 Å². The van der Waals surface area contributed by atoms with Gasteiger partial charge in [-0.05, 0) is 18.6 Å². The lowest BCUT2D eigenvalue weighted by molar-refractivity contribution is 0.0941. The Balaban J connectivity index is 2.06. The van der Waals surface area contributed by atoms with E-state index in [-0.39, 0.29) is 23.5 Å². The summed E-state index contributed by atoms with van der Waals surface area (Å²) in [6, 6.07) is 6.39. The van der Waals surface area contributed by atoms with Gasteiger partial charge in [-0.3, -0.25) is 4.79 Å². The van der Waals surface area contributed by atoms with Crippen molar-refractivity contribution in [3.63, 3.8) is 0 Å². The average molecular weight is 274 g/mol. The number of sulfone groups is 1. The van der Waals surface area contributed by atoms with Crippen LogP contribution in [0.2, 0.25) is 5.02 Å². The third kappa shape index (κ3) is 2.98. The minimum Gasteiger partial charge on any atom is -0.348 e. The molecule has 1 fully saturated rings. The maximum atomic E-state index is 11.8. The molecule has 1 aromatic rings. The molecule has 0 saturated carbocycles. The first-order valence-corrected chi connectivity index (χ1v) is 7.44. The van der Waals surface area contributed by atoms with Crippen molar-refractivity contribution >= 4 is 27.3 Å². The SMILES string of the molecule is O=C(N[C@H]1CCS(=O)(=O)C1)c1ccccc1Cl. The van der Waals surface area contributed by atoms with Gasteiger partial charge in [-0.25, -0.2) is 8.42 Å².